The fraction of sp³-hybridized carbons (Fsp3) is 0.174. The lowest BCUT2D eigenvalue weighted by Gasteiger charge is -2.25. The molecule has 0 heterocycles. The van der Waals surface area contributed by atoms with Crippen molar-refractivity contribution in [1.29, 1.82) is 0 Å². The summed E-state index contributed by atoms with van der Waals surface area (Å²) < 4.78 is 27.9. The molecule has 0 N–H and O–H groups in total. The molecule has 144 valence electrons. The molecule has 0 atom stereocenters. The molecule has 0 radical (unpaired) electrons. The van der Waals surface area contributed by atoms with E-state index in [2.05, 4.69) is 0 Å². The van der Waals surface area contributed by atoms with E-state index >= 15 is 0 Å². The van der Waals surface area contributed by atoms with E-state index in [9.17, 15) is 13.2 Å². The van der Waals surface area contributed by atoms with Gasteiger partial charge in [-0.2, -0.15) is 4.31 Å². The second-order valence-corrected chi connectivity index (χ2v) is 8.76. The van der Waals surface area contributed by atoms with Crippen molar-refractivity contribution in [2.24, 2.45) is 0 Å². The van der Waals surface area contributed by atoms with Gasteiger partial charge >= 0.3 is 0 Å². The van der Waals surface area contributed by atoms with Crippen molar-refractivity contribution < 1.29 is 13.2 Å². The first-order chi connectivity index (χ1) is 13.2. The van der Waals surface area contributed by atoms with Crippen molar-refractivity contribution >= 4 is 21.6 Å². The summed E-state index contributed by atoms with van der Waals surface area (Å²) in [6, 6.07) is 18.7. The molecule has 0 fully saturated rings. The Bertz CT molecular complexity index is 1140. The highest BCUT2D eigenvalue weighted by Crippen LogP contribution is 2.30. The van der Waals surface area contributed by atoms with Crippen LogP contribution in [-0.2, 0) is 10.0 Å². The average molecular weight is 394 g/mol. The monoisotopic (exact) mass is 393 g/mol. The quantitative estimate of drug-likeness (QED) is 0.630. The third kappa shape index (κ3) is 3.71. The minimum absolute atomic E-state index is 0.0769. The van der Waals surface area contributed by atoms with Crippen molar-refractivity contribution in [2.75, 3.05) is 4.31 Å². The Labute approximate surface area is 166 Å². The zero-order valence-electron chi connectivity index (χ0n) is 16.4. The van der Waals surface area contributed by atoms with Crippen LogP contribution in [0.5, 0.6) is 0 Å². The molecule has 0 saturated heterocycles. The maximum absolute atomic E-state index is 13.5. The van der Waals surface area contributed by atoms with E-state index in [1.165, 1.54) is 12.1 Å². The lowest BCUT2D eigenvalue weighted by atomic mass is 10.1. The second-order valence-electron chi connectivity index (χ2n) is 6.98. The number of amides is 1. The minimum Gasteiger partial charge on any atom is -0.268 e. The van der Waals surface area contributed by atoms with Gasteiger partial charge in [0.05, 0.1) is 10.6 Å². The Morgan fingerprint density at radius 2 is 1.39 bits per heavy atom. The minimum atomic E-state index is -4.08. The highest BCUT2D eigenvalue weighted by molar-refractivity contribution is 7.93. The normalized spacial score (nSPS) is 11.3. The Hall–Kier alpha value is -2.92. The molecule has 0 saturated carbocycles. The van der Waals surface area contributed by atoms with Crippen LogP contribution in [0.4, 0.5) is 5.69 Å². The van der Waals surface area contributed by atoms with E-state index < -0.39 is 15.9 Å². The zero-order chi connectivity index (χ0) is 20.5. The molecule has 0 aliphatic rings. The Kier molecular flexibility index (Phi) is 5.38. The van der Waals surface area contributed by atoms with Crippen LogP contribution in [0.25, 0.3) is 0 Å². The molecule has 28 heavy (non-hydrogen) atoms. The van der Waals surface area contributed by atoms with Gasteiger partial charge in [0.15, 0.2) is 0 Å². The van der Waals surface area contributed by atoms with Gasteiger partial charge in [-0.05, 0) is 80.3 Å². The van der Waals surface area contributed by atoms with Crippen LogP contribution >= 0.6 is 0 Å². The van der Waals surface area contributed by atoms with Crippen LogP contribution in [0.15, 0.2) is 71.6 Å². The SMILES string of the molecule is Cc1ccc(C)c(N(C(=O)c2ccc(C)c(C)c2)S(=O)(=O)c2ccccc2)c1. The maximum Gasteiger partial charge on any atom is 0.272 e. The van der Waals surface area contributed by atoms with Gasteiger partial charge in [-0.1, -0.05) is 36.4 Å². The van der Waals surface area contributed by atoms with E-state index in [1.54, 1.807) is 43.3 Å². The first kappa shape index (κ1) is 19.8. The molecule has 3 rings (SSSR count). The van der Waals surface area contributed by atoms with Crippen molar-refractivity contribution in [3.8, 4) is 0 Å². The van der Waals surface area contributed by atoms with Crippen molar-refractivity contribution in [2.45, 2.75) is 32.6 Å². The molecule has 0 unspecified atom stereocenters. The molecule has 1 amide bonds. The summed E-state index contributed by atoms with van der Waals surface area (Å²) >= 11 is 0. The van der Waals surface area contributed by atoms with Crippen LogP contribution in [-0.4, -0.2) is 14.3 Å². The molecule has 4 nitrogen and oxygen atoms in total. The maximum atomic E-state index is 13.5. The lowest BCUT2D eigenvalue weighted by Crippen LogP contribution is -2.37. The number of rotatable bonds is 4. The van der Waals surface area contributed by atoms with Gasteiger partial charge < -0.3 is 0 Å². The number of carbonyl (C=O) groups excluding carboxylic acids is 1. The summed E-state index contributed by atoms with van der Waals surface area (Å²) in [6.45, 7) is 7.53. The fourth-order valence-corrected chi connectivity index (χ4v) is 4.47. The third-order valence-electron chi connectivity index (χ3n) is 4.80. The molecular formula is C23H23NO3S. The number of aryl methyl sites for hydroxylation is 4. The first-order valence-electron chi connectivity index (χ1n) is 9.01. The third-order valence-corrected chi connectivity index (χ3v) is 6.51. The lowest BCUT2D eigenvalue weighted by molar-refractivity contribution is 0.100. The molecular weight excluding hydrogens is 370 g/mol. The van der Waals surface area contributed by atoms with Gasteiger partial charge in [0.2, 0.25) is 0 Å². The van der Waals surface area contributed by atoms with Crippen LogP contribution in [0.2, 0.25) is 0 Å². The van der Waals surface area contributed by atoms with Gasteiger partial charge in [0.1, 0.15) is 0 Å². The molecule has 3 aromatic carbocycles. The van der Waals surface area contributed by atoms with E-state index in [0.29, 0.717) is 16.8 Å². The average Bonchev–Trinajstić information content (AvgIpc) is 2.67. The van der Waals surface area contributed by atoms with Gasteiger partial charge in [-0.25, -0.2) is 8.42 Å². The molecule has 0 spiro atoms. The number of nitrogens with zero attached hydrogens (tertiary/aromatic N) is 1. The largest absolute Gasteiger partial charge is 0.272 e. The highest BCUT2D eigenvalue weighted by atomic mass is 32.2. The van der Waals surface area contributed by atoms with Crippen LogP contribution in [0.1, 0.15) is 32.6 Å². The fourth-order valence-electron chi connectivity index (χ4n) is 2.98. The Morgan fingerprint density at radius 1 is 0.750 bits per heavy atom. The highest BCUT2D eigenvalue weighted by Gasteiger charge is 2.33. The standard InChI is InChI=1S/C23H23NO3S/c1-16-10-11-18(3)22(14-16)24(28(26,27)21-8-6-5-7-9-21)23(25)20-13-12-17(2)19(4)15-20/h5-15H,1-4H3. The van der Waals surface area contributed by atoms with Crippen LogP contribution in [0, 0.1) is 27.7 Å². The molecule has 0 aliphatic heterocycles. The van der Waals surface area contributed by atoms with Gasteiger partial charge in [-0.3, -0.25) is 4.79 Å². The number of hydrogen-bond acceptors (Lipinski definition) is 3. The molecule has 0 aliphatic carbocycles. The summed E-state index contributed by atoms with van der Waals surface area (Å²) in [6.07, 6.45) is 0. The number of hydrogen-bond donors (Lipinski definition) is 0. The summed E-state index contributed by atoms with van der Waals surface area (Å²) in [5.74, 6) is -0.569. The summed E-state index contributed by atoms with van der Waals surface area (Å²) in [4.78, 5) is 13.5. The number of benzene rings is 3. The molecule has 5 heteroatoms. The smallest absolute Gasteiger partial charge is 0.268 e. The first-order valence-corrected chi connectivity index (χ1v) is 10.4. The van der Waals surface area contributed by atoms with Gasteiger partial charge in [0.25, 0.3) is 15.9 Å². The number of carbonyl (C=O) groups is 1. The molecule has 0 bridgehead atoms. The van der Waals surface area contributed by atoms with Crippen molar-refractivity contribution in [1.82, 2.24) is 0 Å². The second kappa shape index (κ2) is 7.60. The summed E-state index contributed by atoms with van der Waals surface area (Å²) in [5, 5.41) is 0. The molecule has 3 aromatic rings. The van der Waals surface area contributed by atoms with E-state index in [-0.39, 0.29) is 4.90 Å². The number of sulfonamides is 1. The predicted octanol–water partition coefficient (Wildman–Crippen LogP) is 4.96. The zero-order valence-corrected chi connectivity index (χ0v) is 17.2. The van der Waals surface area contributed by atoms with Gasteiger partial charge in [-0.15, -0.1) is 0 Å². The molecule has 0 aromatic heterocycles. The van der Waals surface area contributed by atoms with Crippen LogP contribution < -0.4 is 4.31 Å². The predicted molar refractivity (Wildman–Crippen MR) is 112 cm³/mol. The van der Waals surface area contributed by atoms with E-state index in [0.717, 1.165) is 21.0 Å². The van der Waals surface area contributed by atoms with Crippen molar-refractivity contribution in [3.63, 3.8) is 0 Å². The Balaban J connectivity index is 2.24. The number of anilines is 1. The topological polar surface area (TPSA) is 54.5 Å². The van der Waals surface area contributed by atoms with Crippen molar-refractivity contribution in [3.05, 3.63) is 94.5 Å². The van der Waals surface area contributed by atoms with E-state index in [1.807, 2.05) is 39.0 Å². The Morgan fingerprint density at radius 3 is 2.04 bits per heavy atom. The van der Waals surface area contributed by atoms with Crippen LogP contribution in [0.3, 0.4) is 0 Å². The van der Waals surface area contributed by atoms with Gasteiger partial charge in [0, 0.05) is 5.56 Å². The summed E-state index contributed by atoms with van der Waals surface area (Å²) in [5.41, 5.74) is 4.27. The van der Waals surface area contributed by atoms with E-state index in [4.69, 9.17) is 0 Å². The summed E-state index contributed by atoms with van der Waals surface area (Å²) in [7, 11) is -4.08.